The molecule has 0 bridgehead atoms. The van der Waals surface area contributed by atoms with E-state index in [9.17, 15) is 9.59 Å². The SMILES string of the molecule is COC(=O)/C=C/CCC(C)=O. The summed E-state index contributed by atoms with van der Waals surface area (Å²) in [6.07, 6.45) is 4.04. The maximum atomic E-state index is 10.5. The molecule has 0 fully saturated rings. The fourth-order valence-corrected chi connectivity index (χ4v) is 0.534. The number of methoxy groups -OCH3 is 1. The predicted octanol–water partition coefficient (Wildman–Crippen LogP) is 1.08. The van der Waals surface area contributed by atoms with E-state index in [0.29, 0.717) is 12.8 Å². The highest BCUT2D eigenvalue weighted by atomic mass is 16.5. The number of carbonyl (C=O) groups excluding carboxylic acids is 2. The van der Waals surface area contributed by atoms with E-state index in [1.807, 2.05) is 0 Å². The minimum Gasteiger partial charge on any atom is -0.466 e. The van der Waals surface area contributed by atoms with Crippen LogP contribution in [0.5, 0.6) is 0 Å². The van der Waals surface area contributed by atoms with Gasteiger partial charge in [-0.2, -0.15) is 0 Å². The van der Waals surface area contributed by atoms with Gasteiger partial charge in [-0.1, -0.05) is 6.08 Å². The van der Waals surface area contributed by atoms with Crippen LogP contribution in [0.15, 0.2) is 12.2 Å². The molecule has 0 spiro atoms. The summed E-state index contributed by atoms with van der Waals surface area (Å²) in [7, 11) is 1.32. The van der Waals surface area contributed by atoms with Gasteiger partial charge in [-0.05, 0) is 13.3 Å². The number of ketones is 1. The lowest BCUT2D eigenvalue weighted by Gasteiger charge is -1.89. The van der Waals surface area contributed by atoms with Crippen molar-refractivity contribution in [2.75, 3.05) is 7.11 Å². The maximum Gasteiger partial charge on any atom is 0.330 e. The molecule has 0 rings (SSSR count). The van der Waals surface area contributed by atoms with Crippen molar-refractivity contribution < 1.29 is 14.3 Å². The van der Waals surface area contributed by atoms with E-state index in [-0.39, 0.29) is 11.8 Å². The molecular formula is C8H12O3. The van der Waals surface area contributed by atoms with E-state index in [2.05, 4.69) is 4.74 Å². The Morgan fingerprint density at radius 2 is 2.09 bits per heavy atom. The largest absolute Gasteiger partial charge is 0.466 e. The summed E-state index contributed by atoms with van der Waals surface area (Å²) in [6, 6.07) is 0. The van der Waals surface area contributed by atoms with E-state index in [4.69, 9.17) is 0 Å². The Morgan fingerprint density at radius 3 is 2.55 bits per heavy atom. The van der Waals surface area contributed by atoms with Gasteiger partial charge in [-0.3, -0.25) is 0 Å². The van der Waals surface area contributed by atoms with Crippen molar-refractivity contribution in [3.8, 4) is 0 Å². The monoisotopic (exact) mass is 156 g/mol. The standard InChI is InChI=1S/C8H12O3/c1-7(9)5-3-4-6-8(10)11-2/h4,6H,3,5H2,1-2H3/b6-4+. The Balaban J connectivity index is 3.45. The quantitative estimate of drug-likeness (QED) is 0.452. The first-order chi connectivity index (χ1) is 5.16. The third kappa shape index (κ3) is 6.77. The van der Waals surface area contributed by atoms with Crippen LogP contribution in [-0.4, -0.2) is 18.9 Å². The molecule has 0 unspecified atom stereocenters. The molecule has 62 valence electrons. The summed E-state index contributed by atoms with van der Waals surface area (Å²) in [5, 5.41) is 0. The average Bonchev–Trinajstić information content (AvgIpc) is 1.97. The van der Waals surface area contributed by atoms with E-state index in [1.165, 1.54) is 20.1 Å². The molecule has 0 heterocycles. The Hall–Kier alpha value is -1.12. The molecule has 3 heteroatoms. The Morgan fingerprint density at radius 1 is 1.45 bits per heavy atom. The lowest BCUT2D eigenvalue weighted by molar-refractivity contribution is -0.134. The van der Waals surface area contributed by atoms with Crippen LogP contribution in [0.25, 0.3) is 0 Å². The topological polar surface area (TPSA) is 43.4 Å². The van der Waals surface area contributed by atoms with Crippen LogP contribution >= 0.6 is 0 Å². The van der Waals surface area contributed by atoms with Crippen LogP contribution < -0.4 is 0 Å². The van der Waals surface area contributed by atoms with Gasteiger partial charge in [-0.25, -0.2) is 4.79 Å². The van der Waals surface area contributed by atoms with Crippen molar-refractivity contribution in [2.24, 2.45) is 0 Å². The van der Waals surface area contributed by atoms with Crippen LogP contribution in [0.4, 0.5) is 0 Å². The van der Waals surface area contributed by atoms with Gasteiger partial charge in [0.1, 0.15) is 5.78 Å². The first-order valence-electron chi connectivity index (χ1n) is 3.40. The number of hydrogen-bond donors (Lipinski definition) is 0. The molecule has 3 nitrogen and oxygen atoms in total. The van der Waals surface area contributed by atoms with Crippen molar-refractivity contribution in [3.05, 3.63) is 12.2 Å². The summed E-state index contributed by atoms with van der Waals surface area (Å²) in [5.74, 6) is -0.256. The van der Waals surface area contributed by atoms with Gasteiger partial charge in [0.15, 0.2) is 0 Å². The van der Waals surface area contributed by atoms with Crippen molar-refractivity contribution in [1.29, 1.82) is 0 Å². The minimum atomic E-state index is -0.381. The predicted molar refractivity (Wildman–Crippen MR) is 41.1 cm³/mol. The fourth-order valence-electron chi connectivity index (χ4n) is 0.534. The zero-order chi connectivity index (χ0) is 8.69. The second-order valence-corrected chi connectivity index (χ2v) is 2.17. The van der Waals surface area contributed by atoms with E-state index in [1.54, 1.807) is 6.08 Å². The Bertz CT molecular complexity index is 170. The number of allylic oxidation sites excluding steroid dienone is 1. The number of esters is 1. The summed E-state index contributed by atoms with van der Waals surface area (Å²) in [4.78, 5) is 20.9. The van der Waals surface area contributed by atoms with Crippen LogP contribution in [0.2, 0.25) is 0 Å². The van der Waals surface area contributed by atoms with Crippen molar-refractivity contribution >= 4 is 11.8 Å². The molecule has 0 aliphatic carbocycles. The van der Waals surface area contributed by atoms with Gasteiger partial charge < -0.3 is 9.53 Å². The molecule has 0 aliphatic heterocycles. The highest BCUT2D eigenvalue weighted by Crippen LogP contribution is 1.92. The average molecular weight is 156 g/mol. The van der Waals surface area contributed by atoms with Gasteiger partial charge >= 0.3 is 5.97 Å². The van der Waals surface area contributed by atoms with Crippen LogP contribution in [-0.2, 0) is 14.3 Å². The van der Waals surface area contributed by atoms with Crippen LogP contribution in [0, 0.1) is 0 Å². The van der Waals surface area contributed by atoms with Crippen LogP contribution in [0.3, 0.4) is 0 Å². The Labute approximate surface area is 66.0 Å². The van der Waals surface area contributed by atoms with Gasteiger partial charge in [0.25, 0.3) is 0 Å². The van der Waals surface area contributed by atoms with Gasteiger partial charge in [0, 0.05) is 12.5 Å². The van der Waals surface area contributed by atoms with Crippen molar-refractivity contribution in [2.45, 2.75) is 19.8 Å². The number of carbonyl (C=O) groups is 2. The molecule has 11 heavy (non-hydrogen) atoms. The summed E-state index contributed by atoms with van der Waals surface area (Å²) >= 11 is 0. The molecule has 0 N–H and O–H groups in total. The fraction of sp³-hybridized carbons (Fsp3) is 0.500. The molecule has 0 atom stereocenters. The zero-order valence-electron chi connectivity index (χ0n) is 6.79. The number of hydrogen-bond acceptors (Lipinski definition) is 3. The molecule has 0 aromatic heterocycles. The first-order valence-corrected chi connectivity index (χ1v) is 3.40. The first kappa shape index (κ1) is 9.88. The molecule has 0 amide bonds. The molecule has 0 aliphatic rings. The highest BCUT2D eigenvalue weighted by Gasteiger charge is 1.91. The molecule has 0 saturated heterocycles. The minimum absolute atomic E-state index is 0.125. The van der Waals surface area contributed by atoms with Crippen molar-refractivity contribution in [3.63, 3.8) is 0 Å². The van der Waals surface area contributed by atoms with Crippen molar-refractivity contribution in [1.82, 2.24) is 0 Å². The second kappa shape index (κ2) is 5.65. The molecule has 0 radical (unpaired) electrons. The highest BCUT2D eigenvalue weighted by molar-refractivity contribution is 5.82. The third-order valence-corrected chi connectivity index (χ3v) is 1.12. The lowest BCUT2D eigenvalue weighted by Crippen LogP contribution is -1.94. The lowest BCUT2D eigenvalue weighted by atomic mass is 10.2. The Kier molecular flexibility index (Phi) is 5.07. The second-order valence-electron chi connectivity index (χ2n) is 2.17. The van der Waals surface area contributed by atoms with E-state index >= 15 is 0 Å². The maximum absolute atomic E-state index is 10.5. The normalized spacial score (nSPS) is 10.0. The summed E-state index contributed by atoms with van der Waals surface area (Å²) < 4.78 is 4.35. The number of rotatable bonds is 4. The van der Waals surface area contributed by atoms with Gasteiger partial charge in [0.05, 0.1) is 7.11 Å². The van der Waals surface area contributed by atoms with Crippen LogP contribution in [0.1, 0.15) is 19.8 Å². The summed E-state index contributed by atoms with van der Waals surface area (Å²) in [6.45, 7) is 1.52. The molecule has 0 aromatic carbocycles. The molecule has 0 saturated carbocycles. The third-order valence-electron chi connectivity index (χ3n) is 1.12. The molecule has 0 aromatic rings. The molecular weight excluding hydrogens is 144 g/mol. The smallest absolute Gasteiger partial charge is 0.330 e. The zero-order valence-corrected chi connectivity index (χ0v) is 6.79. The van der Waals surface area contributed by atoms with Gasteiger partial charge in [0.2, 0.25) is 0 Å². The number of ether oxygens (including phenoxy) is 1. The van der Waals surface area contributed by atoms with E-state index in [0.717, 1.165) is 0 Å². The number of Topliss-reactive ketones (excluding diaryl/α,β-unsaturated/α-hetero) is 1. The van der Waals surface area contributed by atoms with Gasteiger partial charge in [-0.15, -0.1) is 0 Å². The summed E-state index contributed by atoms with van der Waals surface area (Å²) in [5.41, 5.74) is 0. The van der Waals surface area contributed by atoms with E-state index < -0.39 is 0 Å².